The van der Waals surface area contributed by atoms with Crippen LogP contribution in [-0.2, 0) is 0 Å². The highest BCUT2D eigenvalue weighted by atomic mass is 15.2. The Morgan fingerprint density at radius 3 is 1.78 bits per heavy atom. The van der Waals surface area contributed by atoms with Crippen LogP contribution < -0.4 is 9.80 Å². The van der Waals surface area contributed by atoms with Gasteiger partial charge in [0.1, 0.15) is 0 Å². The van der Waals surface area contributed by atoms with Gasteiger partial charge in [-0.15, -0.1) is 6.42 Å². The van der Waals surface area contributed by atoms with Gasteiger partial charge in [-0.05, 0) is 49.4 Å². The zero-order valence-corrected chi connectivity index (χ0v) is 18.6. The molecule has 0 fully saturated rings. The molecule has 0 heterocycles. The minimum absolute atomic E-state index is 0.229. The highest BCUT2D eigenvalue weighted by Crippen LogP contribution is 2.25. The number of rotatable bonds is 10. The summed E-state index contributed by atoms with van der Waals surface area (Å²) >= 11 is 0. The Bertz CT molecular complexity index is 1000. The van der Waals surface area contributed by atoms with Gasteiger partial charge in [0.15, 0.2) is 0 Å². The monoisotopic (exact) mass is 418 g/mol. The average molecular weight is 419 g/mol. The third-order valence-corrected chi connectivity index (χ3v) is 5.16. The summed E-state index contributed by atoms with van der Waals surface area (Å²) in [4.78, 5) is 4.69. The molecule has 3 rings (SSSR count). The van der Waals surface area contributed by atoms with Crippen LogP contribution in [0.3, 0.4) is 0 Å². The molecule has 0 aliphatic rings. The van der Waals surface area contributed by atoms with Crippen LogP contribution in [0.2, 0.25) is 0 Å². The van der Waals surface area contributed by atoms with Gasteiger partial charge in [0.05, 0.1) is 0 Å². The summed E-state index contributed by atoms with van der Waals surface area (Å²) in [6.45, 7) is 3.82. The average Bonchev–Trinajstić information content (AvgIpc) is 2.85. The smallest absolute Gasteiger partial charge is 0.0448 e. The van der Waals surface area contributed by atoms with Crippen molar-refractivity contribution in [2.75, 3.05) is 22.9 Å². The molecule has 1 atom stereocenters. The number of nitrogens with zero attached hydrogens (tertiary/aromatic N) is 2. The van der Waals surface area contributed by atoms with Crippen molar-refractivity contribution >= 4 is 17.1 Å². The largest absolute Gasteiger partial charge is 0.362 e. The summed E-state index contributed by atoms with van der Waals surface area (Å²) in [6, 6.07) is 31.7. The molecule has 3 aromatic carbocycles. The molecular weight excluding hydrogens is 388 g/mol. The van der Waals surface area contributed by atoms with Crippen LogP contribution in [0.5, 0.6) is 0 Å². The molecular formula is C30H30N2. The van der Waals surface area contributed by atoms with Crippen LogP contribution in [0.4, 0.5) is 17.1 Å². The Morgan fingerprint density at radius 2 is 1.25 bits per heavy atom. The van der Waals surface area contributed by atoms with E-state index >= 15 is 0 Å². The first kappa shape index (κ1) is 22.7. The van der Waals surface area contributed by atoms with Gasteiger partial charge >= 0.3 is 0 Å². The molecule has 0 aliphatic heterocycles. The fourth-order valence-electron chi connectivity index (χ4n) is 3.53. The van der Waals surface area contributed by atoms with Crippen LogP contribution >= 0.6 is 0 Å². The number of hydrogen-bond acceptors (Lipinski definition) is 2. The number of benzene rings is 3. The summed E-state index contributed by atoms with van der Waals surface area (Å²) in [5, 5.41) is 0. The lowest BCUT2D eigenvalue weighted by Gasteiger charge is -2.29. The van der Waals surface area contributed by atoms with Crippen molar-refractivity contribution in [3.05, 3.63) is 127 Å². The number of hydrogen-bond donors (Lipinski definition) is 0. The van der Waals surface area contributed by atoms with E-state index in [-0.39, 0.29) is 6.04 Å². The molecule has 0 N–H and O–H groups in total. The Morgan fingerprint density at radius 1 is 0.719 bits per heavy atom. The lowest BCUT2D eigenvalue weighted by Crippen LogP contribution is -2.32. The van der Waals surface area contributed by atoms with Crippen molar-refractivity contribution in [2.24, 2.45) is 0 Å². The normalized spacial score (nSPS) is 12.2. The predicted octanol–water partition coefficient (Wildman–Crippen LogP) is 7.02. The minimum atomic E-state index is 0.229. The summed E-state index contributed by atoms with van der Waals surface area (Å²) in [6.07, 6.45) is 17.5. The standard InChI is InChI=1S/C30H30N2/c1-3-4-5-6-16-25-31(28-19-10-7-11-20-28)27(2)18-17-26-32(29-21-12-8-13-22-29)30-23-14-9-15-24-30/h1,4-24,27H,25-26H2,2H3/b5-4-,16-6-,18-17-. The third kappa shape index (κ3) is 6.79. The van der Waals surface area contributed by atoms with Crippen molar-refractivity contribution in [2.45, 2.75) is 13.0 Å². The maximum Gasteiger partial charge on any atom is 0.0448 e. The van der Waals surface area contributed by atoms with Crippen LogP contribution in [-0.4, -0.2) is 19.1 Å². The summed E-state index contributed by atoms with van der Waals surface area (Å²) in [7, 11) is 0. The Hall–Kier alpha value is -3.96. The Kier molecular flexibility index (Phi) is 9.00. The van der Waals surface area contributed by atoms with Gasteiger partial charge in [-0.1, -0.05) is 90.9 Å². The molecule has 0 aromatic heterocycles. The molecule has 160 valence electrons. The molecule has 0 saturated heterocycles. The highest BCUT2D eigenvalue weighted by Gasteiger charge is 2.11. The number of allylic oxidation sites excluding steroid dienone is 3. The van der Waals surface area contributed by atoms with Crippen LogP contribution in [0, 0.1) is 12.3 Å². The van der Waals surface area contributed by atoms with Gasteiger partial charge in [-0.25, -0.2) is 0 Å². The van der Waals surface area contributed by atoms with E-state index in [1.807, 2.05) is 18.2 Å². The van der Waals surface area contributed by atoms with Crippen LogP contribution in [0.1, 0.15) is 6.92 Å². The van der Waals surface area contributed by atoms with Crippen molar-refractivity contribution in [3.63, 3.8) is 0 Å². The molecule has 32 heavy (non-hydrogen) atoms. The molecule has 0 saturated carbocycles. The second-order valence-corrected chi connectivity index (χ2v) is 7.39. The topological polar surface area (TPSA) is 6.48 Å². The van der Waals surface area contributed by atoms with Gasteiger partial charge in [0.2, 0.25) is 0 Å². The minimum Gasteiger partial charge on any atom is -0.362 e. The fraction of sp³-hybridized carbons (Fsp3) is 0.133. The number of terminal acetylenes is 1. The first-order valence-corrected chi connectivity index (χ1v) is 10.9. The molecule has 0 radical (unpaired) electrons. The molecule has 2 heteroatoms. The lowest BCUT2D eigenvalue weighted by molar-refractivity contribution is 0.780. The maximum atomic E-state index is 5.28. The van der Waals surface area contributed by atoms with Crippen molar-refractivity contribution in [1.29, 1.82) is 0 Å². The van der Waals surface area contributed by atoms with Gasteiger partial charge < -0.3 is 9.80 Å². The van der Waals surface area contributed by atoms with Gasteiger partial charge in [-0.2, -0.15) is 0 Å². The van der Waals surface area contributed by atoms with Crippen molar-refractivity contribution in [3.8, 4) is 12.3 Å². The van der Waals surface area contributed by atoms with E-state index in [0.717, 1.165) is 13.1 Å². The summed E-state index contributed by atoms with van der Waals surface area (Å²) in [5.41, 5.74) is 3.55. The fourth-order valence-corrected chi connectivity index (χ4v) is 3.53. The molecule has 3 aromatic rings. The second kappa shape index (κ2) is 12.7. The molecule has 2 nitrogen and oxygen atoms in total. The van der Waals surface area contributed by atoms with Crippen LogP contribution in [0.25, 0.3) is 0 Å². The van der Waals surface area contributed by atoms with E-state index in [9.17, 15) is 0 Å². The van der Waals surface area contributed by atoms with Gasteiger partial charge in [-0.3, -0.25) is 0 Å². The number of para-hydroxylation sites is 3. The van der Waals surface area contributed by atoms with E-state index in [1.54, 1.807) is 6.08 Å². The van der Waals surface area contributed by atoms with Gasteiger partial charge in [0, 0.05) is 36.2 Å². The molecule has 1 unspecified atom stereocenters. The lowest BCUT2D eigenvalue weighted by atomic mass is 10.2. The van der Waals surface area contributed by atoms with E-state index in [2.05, 4.69) is 126 Å². The van der Waals surface area contributed by atoms with Crippen molar-refractivity contribution < 1.29 is 0 Å². The quantitative estimate of drug-likeness (QED) is 0.198. The van der Waals surface area contributed by atoms with E-state index in [1.165, 1.54) is 17.1 Å². The molecule has 0 spiro atoms. The molecule has 0 amide bonds. The first-order chi connectivity index (χ1) is 15.8. The first-order valence-electron chi connectivity index (χ1n) is 10.9. The maximum absolute atomic E-state index is 5.28. The van der Waals surface area contributed by atoms with E-state index in [4.69, 9.17) is 6.42 Å². The van der Waals surface area contributed by atoms with E-state index in [0.29, 0.717) is 0 Å². The van der Waals surface area contributed by atoms with Crippen LogP contribution in [0.15, 0.2) is 127 Å². The predicted molar refractivity (Wildman–Crippen MR) is 139 cm³/mol. The summed E-state index contributed by atoms with van der Waals surface area (Å²) in [5.74, 6) is 2.51. The third-order valence-electron chi connectivity index (χ3n) is 5.16. The summed E-state index contributed by atoms with van der Waals surface area (Å²) < 4.78 is 0. The molecule has 0 bridgehead atoms. The highest BCUT2D eigenvalue weighted by molar-refractivity contribution is 5.63. The second-order valence-electron chi connectivity index (χ2n) is 7.39. The van der Waals surface area contributed by atoms with E-state index < -0.39 is 0 Å². The zero-order valence-electron chi connectivity index (χ0n) is 18.6. The zero-order chi connectivity index (χ0) is 22.4. The molecule has 0 aliphatic carbocycles. The van der Waals surface area contributed by atoms with Crippen molar-refractivity contribution in [1.82, 2.24) is 0 Å². The Balaban J connectivity index is 1.75. The Labute approximate surface area is 192 Å². The van der Waals surface area contributed by atoms with Gasteiger partial charge in [0.25, 0.3) is 0 Å². The number of anilines is 3. The SMILES string of the molecule is C#C/C=C\C=C/CN(c1ccccc1)C(C)/C=C\CN(c1ccccc1)c1ccccc1.